The van der Waals surface area contributed by atoms with Gasteiger partial charge in [-0.05, 0) is 120 Å². The van der Waals surface area contributed by atoms with Crippen LogP contribution in [0.15, 0.2) is 36.4 Å². The molecule has 1 amide bonds. The van der Waals surface area contributed by atoms with Crippen molar-refractivity contribution in [3.8, 4) is 34.4 Å². The first kappa shape index (κ1) is 29.8. The van der Waals surface area contributed by atoms with Gasteiger partial charge in [-0.15, -0.1) is 0 Å². The summed E-state index contributed by atoms with van der Waals surface area (Å²) in [6.07, 6.45) is 6.94. The summed E-state index contributed by atoms with van der Waals surface area (Å²) in [6.45, 7) is 10.1. The van der Waals surface area contributed by atoms with Crippen molar-refractivity contribution in [3.05, 3.63) is 81.7 Å². The molecule has 2 aromatic carbocycles. The number of ether oxygens (including phenoxy) is 1. The van der Waals surface area contributed by atoms with E-state index in [1.165, 1.54) is 35.2 Å². The first-order valence-corrected chi connectivity index (χ1v) is 17.8. The second-order valence-electron chi connectivity index (χ2n) is 15.8. The van der Waals surface area contributed by atoms with E-state index in [1.54, 1.807) is 0 Å². The van der Waals surface area contributed by atoms with Crippen LogP contribution in [0.3, 0.4) is 0 Å². The lowest BCUT2D eigenvalue weighted by Crippen LogP contribution is -2.41. The molecule has 5 aliphatic rings. The summed E-state index contributed by atoms with van der Waals surface area (Å²) in [5, 5.41) is 3.74. The number of benzene rings is 2. The van der Waals surface area contributed by atoms with Crippen LogP contribution in [-0.2, 0) is 30.4 Å². The van der Waals surface area contributed by atoms with Crippen molar-refractivity contribution < 1.29 is 9.53 Å². The fraction of sp³-hybridized carbons (Fsp3) is 0.475. The zero-order valence-corrected chi connectivity index (χ0v) is 28.5. The summed E-state index contributed by atoms with van der Waals surface area (Å²) in [4.78, 5) is 32.6. The van der Waals surface area contributed by atoms with Gasteiger partial charge in [0, 0.05) is 45.7 Å². The van der Waals surface area contributed by atoms with Gasteiger partial charge in [0.1, 0.15) is 17.2 Å². The summed E-state index contributed by atoms with van der Waals surface area (Å²) >= 11 is 0. The topological polar surface area (TPSA) is 98.9 Å². The SMILES string of the molecule is CC1C[C@@H](c2nc3c([nH]2)CCc2cc(C#Cc4ccc5c(c4)CCc4[nH]c([C@@H]6CC7CC7N6)nc4-5)ccc2-3)N(C(=O)OC(C)(C)C)[C@@H]1C. The van der Waals surface area contributed by atoms with Crippen LogP contribution in [0.4, 0.5) is 4.79 Å². The Morgan fingerprint density at radius 3 is 2.02 bits per heavy atom. The average molecular weight is 641 g/mol. The van der Waals surface area contributed by atoms with Crippen LogP contribution >= 0.6 is 0 Å². The molecule has 3 aliphatic carbocycles. The number of fused-ring (bicyclic) bond motifs is 7. The third-order valence-electron chi connectivity index (χ3n) is 11.3. The van der Waals surface area contributed by atoms with Gasteiger partial charge in [-0.2, -0.15) is 0 Å². The molecule has 4 aromatic rings. The minimum Gasteiger partial charge on any atom is -0.444 e. The number of likely N-dealkylation sites (tertiary alicyclic amines) is 1. The van der Waals surface area contributed by atoms with Gasteiger partial charge < -0.3 is 20.0 Å². The second kappa shape index (κ2) is 10.8. The Balaban J connectivity index is 0.938. The molecule has 1 saturated carbocycles. The predicted molar refractivity (Wildman–Crippen MR) is 185 cm³/mol. The highest BCUT2D eigenvalue weighted by atomic mass is 16.6. The Labute approximate surface area is 282 Å². The monoisotopic (exact) mass is 640 g/mol. The largest absolute Gasteiger partial charge is 0.444 e. The minimum atomic E-state index is -0.545. The molecule has 2 aromatic heterocycles. The first-order valence-electron chi connectivity index (χ1n) is 17.8. The van der Waals surface area contributed by atoms with Crippen molar-refractivity contribution in [1.29, 1.82) is 0 Å². The number of nitrogens with zero attached hydrogens (tertiary/aromatic N) is 3. The van der Waals surface area contributed by atoms with Crippen molar-refractivity contribution >= 4 is 6.09 Å². The van der Waals surface area contributed by atoms with Gasteiger partial charge in [0.2, 0.25) is 0 Å². The maximum Gasteiger partial charge on any atom is 0.411 e. The number of aromatic nitrogens is 4. The molecule has 3 fully saturated rings. The van der Waals surface area contributed by atoms with Gasteiger partial charge in [0.05, 0.1) is 23.5 Å². The Morgan fingerprint density at radius 2 is 1.44 bits per heavy atom. The third-order valence-corrected chi connectivity index (χ3v) is 11.3. The lowest BCUT2D eigenvalue weighted by atomic mass is 9.90. The standard InChI is InChI=1S/C40H44N6O2/c1-21-16-34(46(22(21)2)39(47)48-40(3,4)5)38-43-31-15-11-26-18-24(9-13-29(26)36(31)45-38)7-6-23-8-12-28-25(17-23)10-14-30-35(28)44-37(42-30)33-20-27-19-32(27)41-33/h8-9,12-13,17-18,21-22,27,32-34,41H,10-11,14-16,19-20H2,1-5H3,(H,42,44)(H,43,45)/t21?,22-,27?,32?,33+,34+/m1/s1. The number of carbonyl (C=O) groups excluding carboxylic acids is 1. The second-order valence-corrected chi connectivity index (χ2v) is 15.8. The number of piperidine rings is 1. The smallest absolute Gasteiger partial charge is 0.411 e. The van der Waals surface area contributed by atoms with Crippen LogP contribution in [0.1, 0.15) is 111 Å². The van der Waals surface area contributed by atoms with Crippen LogP contribution in [0, 0.1) is 23.7 Å². The van der Waals surface area contributed by atoms with Crippen molar-refractivity contribution in [2.75, 3.05) is 0 Å². The molecule has 48 heavy (non-hydrogen) atoms. The van der Waals surface area contributed by atoms with Gasteiger partial charge in [-0.3, -0.25) is 4.90 Å². The highest BCUT2D eigenvalue weighted by Gasteiger charge is 2.47. The molecule has 8 heteroatoms. The van der Waals surface area contributed by atoms with E-state index in [2.05, 4.69) is 77.4 Å². The number of hydrogen-bond donors (Lipinski definition) is 3. The predicted octanol–water partition coefficient (Wildman–Crippen LogP) is 7.19. The van der Waals surface area contributed by atoms with E-state index in [-0.39, 0.29) is 18.2 Å². The highest BCUT2D eigenvalue weighted by Crippen LogP contribution is 2.46. The van der Waals surface area contributed by atoms with E-state index in [1.807, 2.05) is 25.7 Å². The Kier molecular flexibility index (Phi) is 6.72. The molecule has 0 bridgehead atoms. The number of hydrogen-bond acceptors (Lipinski definition) is 5. The molecule has 4 heterocycles. The zero-order chi connectivity index (χ0) is 32.9. The van der Waals surface area contributed by atoms with E-state index in [9.17, 15) is 4.79 Å². The number of amides is 1. The number of imidazole rings is 2. The number of rotatable bonds is 2. The minimum absolute atomic E-state index is 0.0793. The molecular weight excluding hydrogens is 596 g/mol. The van der Waals surface area contributed by atoms with Gasteiger partial charge in [0.25, 0.3) is 0 Å². The van der Waals surface area contributed by atoms with Crippen LogP contribution in [0.5, 0.6) is 0 Å². The lowest BCUT2D eigenvalue weighted by Gasteiger charge is -2.31. The van der Waals surface area contributed by atoms with Gasteiger partial charge in [0.15, 0.2) is 0 Å². The summed E-state index contributed by atoms with van der Waals surface area (Å²) in [7, 11) is 0. The molecule has 3 unspecified atom stereocenters. The quantitative estimate of drug-likeness (QED) is 0.202. The van der Waals surface area contributed by atoms with Crippen molar-refractivity contribution in [1.82, 2.24) is 30.2 Å². The molecule has 6 atom stereocenters. The van der Waals surface area contributed by atoms with Crippen molar-refractivity contribution in [2.45, 2.75) is 109 Å². The molecule has 8 nitrogen and oxygen atoms in total. The summed E-state index contributed by atoms with van der Waals surface area (Å²) < 4.78 is 5.81. The van der Waals surface area contributed by atoms with Gasteiger partial charge >= 0.3 is 6.09 Å². The van der Waals surface area contributed by atoms with Crippen LogP contribution in [0.2, 0.25) is 0 Å². The molecule has 246 valence electrons. The van der Waals surface area contributed by atoms with E-state index in [4.69, 9.17) is 14.7 Å². The number of carbonyl (C=O) groups is 1. The van der Waals surface area contributed by atoms with Crippen LogP contribution in [-0.4, -0.2) is 48.6 Å². The lowest BCUT2D eigenvalue weighted by molar-refractivity contribution is 0.0140. The summed E-state index contributed by atoms with van der Waals surface area (Å²) in [6, 6.07) is 14.1. The molecule has 2 saturated heterocycles. The molecule has 0 radical (unpaired) electrons. The fourth-order valence-corrected chi connectivity index (χ4v) is 8.48. The number of aryl methyl sites for hydroxylation is 4. The fourth-order valence-electron chi connectivity index (χ4n) is 8.48. The first-order chi connectivity index (χ1) is 23.1. The molecule has 3 N–H and O–H groups in total. The molecule has 0 spiro atoms. The molecular formula is C40H44N6O2. The number of H-pyrrole nitrogens is 2. The van der Waals surface area contributed by atoms with Crippen LogP contribution in [0.25, 0.3) is 22.5 Å². The number of nitrogens with one attached hydrogen (secondary N) is 3. The summed E-state index contributed by atoms with van der Waals surface area (Å²) in [5.41, 5.74) is 11.0. The van der Waals surface area contributed by atoms with E-state index in [0.717, 1.165) is 83.4 Å². The van der Waals surface area contributed by atoms with Crippen LogP contribution < -0.4 is 5.32 Å². The number of aromatic amines is 2. The van der Waals surface area contributed by atoms with Gasteiger partial charge in [-0.25, -0.2) is 14.8 Å². The summed E-state index contributed by atoms with van der Waals surface area (Å²) in [5.74, 6) is 10.1. The average Bonchev–Trinajstić information content (AvgIpc) is 3.47. The van der Waals surface area contributed by atoms with E-state index < -0.39 is 5.60 Å². The maximum atomic E-state index is 13.3. The van der Waals surface area contributed by atoms with Gasteiger partial charge in [-0.1, -0.05) is 30.9 Å². The van der Waals surface area contributed by atoms with Crippen molar-refractivity contribution in [2.24, 2.45) is 11.8 Å². The Bertz CT molecular complexity index is 2010. The highest BCUT2D eigenvalue weighted by molar-refractivity contribution is 5.73. The molecule has 2 aliphatic heterocycles. The zero-order valence-electron chi connectivity index (χ0n) is 28.5. The third kappa shape index (κ3) is 5.15. The van der Waals surface area contributed by atoms with Crippen molar-refractivity contribution in [3.63, 3.8) is 0 Å². The van der Waals surface area contributed by atoms with E-state index in [0.29, 0.717) is 18.0 Å². The Morgan fingerprint density at radius 1 is 0.833 bits per heavy atom. The normalized spacial score (nSPS) is 26.5. The molecule has 9 rings (SSSR count). The van der Waals surface area contributed by atoms with E-state index >= 15 is 0 Å². The Hall–Kier alpha value is -4.35. The maximum absolute atomic E-state index is 13.3.